The Labute approximate surface area is 219 Å². The number of carboxylic acids is 1. The van der Waals surface area contributed by atoms with Crippen molar-refractivity contribution in [3.63, 3.8) is 0 Å². The number of ether oxygens (including phenoxy) is 1. The Hall–Kier alpha value is -4.10. The lowest BCUT2D eigenvalue weighted by atomic mass is 9.91. The fraction of sp³-hybridized carbons (Fsp3) is 0.207. The van der Waals surface area contributed by atoms with Gasteiger partial charge in [0.1, 0.15) is 5.02 Å². The molecule has 4 aromatic rings. The van der Waals surface area contributed by atoms with Crippen molar-refractivity contribution < 1.29 is 19.4 Å². The smallest absolute Gasteiger partial charge is 0.412 e. The fourth-order valence-corrected chi connectivity index (χ4v) is 4.67. The van der Waals surface area contributed by atoms with E-state index >= 15 is 0 Å². The average Bonchev–Trinajstić information content (AvgIpc) is 3.64. The van der Waals surface area contributed by atoms with E-state index in [-0.39, 0.29) is 6.61 Å². The van der Waals surface area contributed by atoms with Gasteiger partial charge < -0.3 is 9.84 Å². The summed E-state index contributed by atoms with van der Waals surface area (Å²) in [5.41, 5.74) is 4.95. The molecular formula is C29H26ClN3O4. The second-order valence-electron chi connectivity index (χ2n) is 9.21. The van der Waals surface area contributed by atoms with Crippen LogP contribution in [0.15, 0.2) is 79.0 Å². The van der Waals surface area contributed by atoms with Gasteiger partial charge in [-0.15, -0.1) is 0 Å². The van der Waals surface area contributed by atoms with Crippen LogP contribution in [0.3, 0.4) is 0 Å². The second-order valence-corrected chi connectivity index (χ2v) is 9.62. The SMILES string of the molecule is Cc1cc(C2(C(=O)O)CC2)ccc1-c1ccc(-n2ncc(Cl)c2NC(=O)OCCc2ccccc2)cc1. The van der Waals surface area contributed by atoms with Gasteiger partial charge >= 0.3 is 12.1 Å². The van der Waals surface area contributed by atoms with E-state index in [4.69, 9.17) is 16.3 Å². The number of benzene rings is 3. The van der Waals surface area contributed by atoms with Crippen LogP contribution in [0.4, 0.5) is 10.6 Å². The number of nitrogens with one attached hydrogen (secondary N) is 1. The van der Waals surface area contributed by atoms with E-state index in [0.29, 0.717) is 35.8 Å². The van der Waals surface area contributed by atoms with Crippen LogP contribution < -0.4 is 5.32 Å². The highest BCUT2D eigenvalue weighted by molar-refractivity contribution is 6.33. The topological polar surface area (TPSA) is 93.5 Å². The number of aliphatic carboxylic acids is 1. The van der Waals surface area contributed by atoms with E-state index in [0.717, 1.165) is 27.8 Å². The normalized spacial score (nSPS) is 13.7. The third kappa shape index (κ3) is 5.08. The number of nitrogens with zero attached hydrogens (tertiary/aromatic N) is 2. The number of carbonyl (C=O) groups excluding carboxylic acids is 1. The van der Waals surface area contributed by atoms with Gasteiger partial charge in [-0.1, -0.05) is 72.3 Å². The number of hydrogen-bond acceptors (Lipinski definition) is 4. The molecule has 0 radical (unpaired) electrons. The summed E-state index contributed by atoms with van der Waals surface area (Å²) >= 11 is 6.30. The maximum atomic E-state index is 12.4. The molecule has 3 aromatic carbocycles. The minimum Gasteiger partial charge on any atom is -0.481 e. The van der Waals surface area contributed by atoms with Crippen molar-refractivity contribution in [2.45, 2.75) is 31.6 Å². The number of halogens is 1. The van der Waals surface area contributed by atoms with E-state index in [9.17, 15) is 14.7 Å². The molecule has 1 fully saturated rings. The molecule has 2 N–H and O–H groups in total. The number of aromatic nitrogens is 2. The molecule has 0 atom stereocenters. The van der Waals surface area contributed by atoms with Crippen LogP contribution in [0.5, 0.6) is 0 Å². The Balaban J connectivity index is 1.28. The molecule has 0 unspecified atom stereocenters. The molecule has 188 valence electrons. The zero-order valence-corrected chi connectivity index (χ0v) is 21.0. The van der Waals surface area contributed by atoms with Gasteiger partial charge in [-0.2, -0.15) is 5.10 Å². The molecule has 8 heteroatoms. The predicted molar refractivity (Wildman–Crippen MR) is 142 cm³/mol. The summed E-state index contributed by atoms with van der Waals surface area (Å²) in [5.74, 6) is -0.436. The van der Waals surface area contributed by atoms with E-state index in [1.54, 1.807) is 4.68 Å². The van der Waals surface area contributed by atoms with Crippen LogP contribution in [0.2, 0.25) is 5.02 Å². The van der Waals surface area contributed by atoms with Crippen LogP contribution >= 0.6 is 11.6 Å². The number of hydrogen-bond donors (Lipinski definition) is 2. The summed E-state index contributed by atoms with van der Waals surface area (Å²) in [6, 6.07) is 23.3. The first kappa shape index (κ1) is 24.6. The minimum atomic E-state index is -0.758. The van der Waals surface area contributed by atoms with Crippen molar-refractivity contribution in [2.75, 3.05) is 11.9 Å². The third-order valence-corrected chi connectivity index (χ3v) is 7.05. The first-order chi connectivity index (χ1) is 17.9. The van der Waals surface area contributed by atoms with Crippen molar-refractivity contribution in [1.29, 1.82) is 0 Å². The number of carboxylic acid groups (broad SMARTS) is 1. The molecule has 0 bridgehead atoms. The molecule has 0 aliphatic heterocycles. The number of aryl methyl sites for hydroxylation is 1. The van der Waals surface area contributed by atoms with Gasteiger partial charge in [0, 0.05) is 6.42 Å². The molecule has 0 spiro atoms. The Morgan fingerprint density at radius 3 is 2.46 bits per heavy atom. The van der Waals surface area contributed by atoms with E-state index < -0.39 is 17.5 Å². The highest BCUT2D eigenvalue weighted by Crippen LogP contribution is 2.49. The predicted octanol–water partition coefficient (Wildman–Crippen LogP) is 6.41. The average molecular weight is 516 g/mol. The van der Waals surface area contributed by atoms with Gasteiger partial charge in [-0.3, -0.25) is 10.1 Å². The van der Waals surface area contributed by atoms with Crippen LogP contribution in [0.1, 0.15) is 29.5 Å². The summed E-state index contributed by atoms with van der Waals surface area (Å²) in [6.07, 6.45) is 2.83. The molecule has 5 rings (SSSR count). The molecular weight excluding hydrogens is 490 g/mol. The van der Waals surface area contributed by atoms with Crippen LogP contribution in [-0.2, 0) is 21.4 Å². The monoisotopic (exact) mass is 515 g/mol. The molecule has 0 saturated heterocycles. The molecule has 7 nitrogen and oxygen atoms in total. The molecule has 1 saturated carbocycles. The zero-order chi connectivity index (χ0) is 26.0. The van der Waals surface area contributed by atoms with Crippen LogP contribution in [0, 0.1) is 6.92 Å². The summed E-state index contributed by atoms with van der Waals surface area (Å²) in [4.78, 5) is 24.1. The summed E-state index contributed by atoms with van der Waals surface area (Å²) < 4.78 is 6.87. The largest absolute Gasteiger partial charge is 0.481 e. The first-order valence-electron chi connectivity index (χ1n) is 12.0. The van der Waals surface area contributed by atoms with Crippen LogP contribution in [-0.4, -0.2) is 33.6 Å². The Kier molecular flexibility index (Phi) is 6.72. The van der Waals surface area contributed by atoms with E-state index in [1.807, 2.05) is 79.7 Å². The van der Waals surface area contributed by atoms with Gasteiger partial charge in [-0.05, 0) is 59.7 Å². The maximum Gasteiger partial charge on any atom is 0.412 e. The van der Waals surface area contributed by atoms with Crippen molar-refractivity contribution in [1.82, 2.24) is 9.78 Å². The molecule has 1 aliphatic carbocycles. The highest BCUT2D eigenvalue weighted by Gasteiger charge is 2.51. The van der Waals surface area contributed by atoms with Crippen molar-refractivity contribution in [3.8, 4) is 16.8 Å². The third-order valence-electron chi connectivity index (χ3n) is 6.77. The summed E-state index contributed by atoms with van der Waals surface area (Å²) in [5, 5.41) is 16.9. The number of amides is 1. The summed E-state index contributed by atoms with van der Waals surface area (Å²) in [7, 11) is 0. The lowest BCUT2D eigenvalue weighted by Gasteiger charge is -2.14. The molecule has 1 aliphatic rings. The van der Waals surface area contributed by atoms with Crippen molar-refractivity contribution in [2.24, 2.45) is 0 Å². The van der Waals surface area contributed by atoms with E-state index in [1.165, 1.54) is 6.20 Å². The molecule has 1 heterocycles. The van der Waals surface area contributed by atoms with Gasteiger partial charge in [0.05, 0.1) is 23.9 Å². The standard InChI is InChI=1S/C29H26ClN3O4/c1-19-17-22(29(14-15-29)27(34)35)9-12-24(19)21-7-10-23(11-8-21)33-26(25(30)18-31-33)32-28(36)37-16-13-20-5-3-2-4-6-20/h2-12,17-18H,13-16H2,1H3,(H,32,36)(H,34,35). The number of rotatable bonds is 8. The zero-order valence-electron chi connectivity index (χ0n) is 20.3. The van der Waals surface area contributed by atoms with Crippen LogP contribution in [0.25, 0.3) is 16.8 Å². The van der Waals surface area contributed by atoms with Gasteiger partial charge in [0.25, 0.3) is 0 Å². The summed E-state index contributed by atoms with van der Waals surface area (Å²) in [6.45, 7) is 2.23. The Morgan fingerprint density at radius 1 is 1.08 bits per heavy atom. The van der Waals surface area contributed by atoms with Gasteiger partial charge in [0.2, 0.25) is 0 Å². The lowest BCUT2D eigenvalue weighted by Crippen LogP contribution is -2.19. The van der Waals surface area contributed by atoms with Crippen molar-refractivity contribution >= 4 is 29.5 Å². The van der Waals surface area contributed by atoms with Crippen molar-refractivity contribution in [3.05, 3.63) is 101 Å². The maximum absolute atomic E-state index is 12.4. The second kappa shape index (κ2) is 10.1. The highest BCUT2D eigenvalue weighted by atomic mass is 35.5. The molecule has 37 heavy (non-hydrogen) atoms. The minimum absolute atomic E-state index is 0.238. The quantitative estimate of drug-likeness (QED) is 0.283. The Bertz CT molecular complexity index is 1440. The number of anilines is 1. The van der Waals surface area contributed by atoms with Gasteiger partial charge in [0.15, 0.2) is 5.82 Å². The molecule has 1 amide bonds. The molecule has 1 aromatic heterocycles. The van der Waals surface area contributed by atoms with Gasteiger partial charge in [-0.25, -0.2) is 9.48 Å². The van der Waals surface area contributed by atoms with E-state index in [2.05, 4.69) is 10.4 Å². The lowest BCUT2D eigenvalue weighted by molar-refractivity contribution is -0.140. The number of carbonyl (C=O) groups is 2. The fourth-order valence-electron chi connectivity index (χ4n) is 4.49. The first-order valence-corrected chi connectivity index (χ1v) is 12.4. The Morgan fingerprint density at radius 2 is 1.81 bits per heavy atom.